The molecule has 1 fully saturated rings. The molecule has 1 saturated heterocycles. The van der Waals surface area contributed by atoms with Crippen LogP contribution in [0.5, 0.6) is 0 Å². The van der Waals surface area contributed by atoms with Gasteiger partial charge in [0.1, 0.15) is 22.8 Å². The van der Waals surface area contributed by atoms with Crippen molar-refractivity contribution < 1.29 is 31.7 Å². The fourth-order valence-electron chi connectivity index (χ4n) is 5.24. The lowest BCUT2D eigenvalue weighted by Gasteiger charge is -2.12. The molecular weight excluding hydrogens is 595 g/mol. The second-order valence-electron chi connectivity index (χ2n) is 12.1. The Morgan fingerprint density at radius 2 is 1.45 bits per heavy atom. The number of rotatable bonds is 24. The molecule has 2 heterocycles. The van der Waals surface area contributed by atoms with E-state index in [0.29, 0.717) is 13.2 Å². The minimum Gasteiger partial charge on any atom is -0.744 e. The molecule has 252 valence electrons. The largest absolute Gasteiger partial charge is 0.744 e. The first-order valence-corrected chi connectivity index (χ1v) is 19.5. The molecule has 0 spiro atoms. The summed E-state index contributed by atoms with van der Waals surface area (Å²) in [6.07, 6.45) is 26.4. The van der Waals surface area contributed by atoms with Crippen LogP contribution >= 0.6 is 11.3 Å². The minimum absolute atomic E-state index is 0.000846. The van der Waals surface area contributed by atoms with E-state index in [1.165, 1.54) is 115 Å². The molecule has 1 aromatic carbocycles. The van der Waals surface area contributed by atoms with Gasteiger partial charge in [-0.2, -0.15) is 4.57 Å². The van der Waals surface area contributed by atoms with Crippen LogP contribution in [0.2, 0.25) is 0 Å². The van der Waals surface area contributed by atoms with Gasteiger partial charge in [0, 0.05) is 13.0 Å². The van der Waals surface area contributed by atoms with E-state index in [0.717, 1.165) is 31.6 Å². The highest BCUT2D eigenvalue weighted by Gasteiger charge is 2.25. The second-order valence-corrected chi connectivity index (χ2v) is 14.2. The molecule has 0 saturated carbocycles. The first kappa shape index (κ1) is 38.8. The van der Waals surface area contributed by atoms with Crippen molar-refractivity contribution in [2.75, 3.05) is 19.8 Å². The van der Waals surface area contributed by atoms with Gasteiger partial charge in [0.05, 0.1) is 23.5 Å². The number of hydrogen-bond donors (Lipinski definition) is 0. The van der Waals surface area contributed by atoms with Crippen LogP contribution in [0.1, 0.15) is 128 Å². The summed E-state index contributed by atoms with van der Waals surface area (Å²) in [7, 11) is -4.27. The minimum atomic E-state index is -4.27. The van der Waals surface area contributed by atoms with E-state index in [2.05, 4.69) is 28.6 Å². The molecule has 1 aliphatic heterocycles. The average molecular weight is 654 g/mol. The van der Waals surface area contributed by atoms with Gasteiger partial charge in [-0.05, 0) is 44.7 Å². The monoisotopic (exact) mass is 653 g/mol. The van der Waals surface area contributed by atoms with Crippen LogP contribution in [0.4, 0.5) is 0 Å². The Balaban J connectivity index is 0.000000514. The van der Waals surface area contributed by atoms with Crippen molar-refractivity contribution in [2.45, 2.75) is 153 Å². The fraction of sp³-hybridized carbons (Fsp3) is 0.743. The Kier molecular flexibility index (Phi) is 21.9. The summed E-state index contributed by atoms with van der Waals surface area (Å²) >= 11 is 1.76. The molecule has 2 atom stereocenters. The number of thiazole rings is 1. The normalized spacial score (nSPS) is 16.6. The van der Waals surface area contributed by atoms with E-state index in [9.17, 15) is 13.0 Å². The van der Waals surface area contributed by atoms with Crippen LogP contribution in [-0.2, 0) is 30.9 Å². The van der Waals surface area contributed by atoms with Crippen molar-refractivity contribution in [3.05, 3.63) is 46.9 Å². The van der Waals surface area contributed by atoms with Crippen molar-refractivity contribution in [3.8, 4) is 0 Å². The molecule has 7 nitrogen and oxygen atoms in total. The summed E-state index contributed by atoms with van der Waals surface area (Å²) in [6, 6.07) is 5.78. The van der Waals surface area contributed by atoms with E-state index < -0.39 is 10.1 Å². The van der Waals surface area contributed by atoms with Gasteiger partial charge < -0.3 is 18.8 Å². The summed E-state index contributed by atoms with van der Waals surface area (Å²) < 4.78 is 51.1. The Morgan fingerprint density at radius 3 is 2.05 bits per heavy atom. The molecule has 0 aliphatic carbocycles. The number of nitrogens with zero attached hydrogens (tertiary/aromatic N) is 1. The first-order valence-electron chi connectivity index (χ1n) is 17.2. The third-order valence-electron chi connectivity index (χ3n) is 7.95. The predicted octanol–water partition coefficient (Wildman–Crippen LogP) is 8.73. The van der Waals surface area contributed by atoms with Gasteiger partial charge in [-0.1, -0.05) is 119 Å². The zero-order chi connectivity index (χ0) is 31.7. The van der Waals surface area contributed by atoms with Crippen LogP contribution in [0, 0.1) is 6.92 Å². The quantitative estimate of drug-likeness (QED) is 0.0640. The van der Waals surface area contributed by atoms with Crippen molar-refractivity contribution in [1.82, 2.24) is 0 Å². The average Bonchev–Trinajstić information content (AvgIpc) is 3.69. The molecule has 0 unspecified atom stereocenters. The van der Waals surface area contributed by atoms with E-state index in [1.54, 1.807) is 23.5 Å². The molecule has 3 rings (SSSR count). The molecule has 2 aromatic rings. The Morgan fingerprint density at radius 1 is 0.864 bits per heavy atom. The highest BCUT2D eigenvalue weighted by Crippen LogP contribution is 2.19. The van der Waals surface area contributed by atoms with Crippen LogP contribution in [0.25, 0.3) is 0 Å². The Hall–Kier alpha value is -1.36. The van der Waals surface area contributed by atoms with Crippen LogP contribution in [-0.4, -0.2) is 45.2 Å². The van der Waals surface area contributed by atoms with Crippen molar-refractivity contribution in [1.29, 1.82) is 0 Å². The van der Waals surface area contributed by atoms with Crippen molar-refractivity contribution >= 4 is 21.5 Å². The van der Waals surface area contributed by atoms with Gasteiger partial charge in [0.15, 0.2) is 12.5 Å². The standard InChI is InChI=1S/C28H52NO3S.C7H8O3S/c1-2-3-4-5-6-7-8-9-10-11-12-13-16-19-28-31-25-27(32-28)24-30-22-18-15-14-17-20-29-21-23-33-26-29;1-6-2-4-7(5-3-6)11(8,9)10/h21,23,26-28H,2-20,22,24-25H2,1H3;2-5H,1H3,(H,8,9,10)/q+1;/p-1/t27-,28-;/m1./s1. The van der Waals surface area contributed by atoms with Crippen molar-refractivity contribution in [2.24, 2.45) is 0 Å². The first-order chi connectivity index (χ1) is 21.4. The zero-order valence-corrected chi connectivity index (χ0v) is 29.1. The number of aryl methyl sites for hydroxylation is 2. The van der Waals surface area contributed by atoms with Crippen LogP contribution in [0.15, 0.2) is 46.2 Å². The van der Waals surface area contributed by atoms with E-state index in [1.807, 2.05) is 6.92 Å². The molecule has 1 aliphatic rings. The molecule has 0 bridgehead atoms. The van der Waals surface area contributed by atoms with Gasteiger partial charge in [0.2, 0.25) is 5.51 Å². The lowest BCUT2D eigenvalue weighted by molar-refractivity contribution is -0.692. The second kappa shape index (κ2) is 24.8. The topological polar surface area (TPSA) is 88.8 Å². The van der Waals surface area contributed by atoms with Gasteiger partial charge in [-0.3, -0.25) is 0 Å². The highest BCUT2D eigenvalue weighted by atomic mass is 32.2. The smallest absolute Gasteiger partial charge is 0.224 e. The molecule has 0 amide bonds. The summed E-state index contributed by atoms with van der Waals surface area (Å²) in [5, 5.41) is 2.13. The highest BCUT2D eigenvalue weighted by molar-refractivity contribution is 7.85. The van der Waals surface area contributed by atoms with Crippen molar-refractivity contribution in [3.63, 3.8) is 0 Å². The molecule has 1 aromatic heterocycles. The Labute approximate surface area is 272 Å². The van der Waals surface area contributed by atoms with E-state index in [-0.39, 0.29) is 17.3 Å². The van der Waals surface area contributed by atoms with E-state index >= 15 is 0 Å². The third kappa shape index (κ3) is 19.9. The summed E-state index contributed by atoms with van der Waals surface area (Å²) in [4.78, 5) is -0.178. The van der Waals surface area contributed by atoms with Crippen LogP contribution in [0.3, 0.4) is 0 Å². The Bertz CT molecular complexity index is 1030. The summed E-state index contributed by atoms with van der Waals surface area (Å²) in [6.45, 7) is 7.47. The fourth-order valence-corrected chi connectivity index (χ4v) is 6.33. The van der Waals surface area contributed by atoms with Gasteiger partial charge in [-0.25, -0.2) is 8.42 Å². The maximum absolute atomic E-state index is 10.4. The molecule has 44 heavy (non-hydrogen) atoms. The predicted molar refractivity (Wildman–Crippen MR) is 178 cm³/mol. The third-order valence-corrected chi connectivity index (χ3v) is 9.47. The molecule has 0 radical (unpaired) electrons. The lowest BCUT2D eigenvalue weighted by atomic mass is 10.0. The van der Waals surface area contributed by atoms with E-state index in [4.69, 9.17) is 14.2 Å². The van der Waals surface area contributed by atoms with Gasteiger partial charge in [-0.15, -0.1) is 0 Å². The number of unbranched alkanes of at least 4 members (excludes halogenated alkanes) is 15. The number of aromatic nitrogens is 1. The van der Waals surface area contributed by atoms with Gasteiger partial charge in [0.25, 0.3) is 0 Å². The SMILES string of the molecule is CCCCCCCCCCCCCCC[C@@H]1OC[C@@H](COCCCCCC[n+]2ccsc2)O1.Cc1ccc(S(=O)(=O)[O-])cc1. The molecule has 9 heteroatoms. The lowest BCUT2D eigenvalue weighted by Crippen LogP contribution is -2.29. The summed E-state index contributed by atoms with van der Waals surface area (Å²) in [5.41, 5.74) is 3.11. The van der Waals surface area contributed by atoms with Crippen LogP contribution < -0.4 is 4.57 Å². The zero-order valence-electron chi connectivity index (χ0n) is 27.5. The molecule has 0 N–H and O–H groups in total. The molecular formula is C35H59NO6S2. The maximum Gasteiger partial charge on any atom is 0.224 e. The number of benzene rings is 1. The van der Waals surface area contributed by atoms with Gasteiger partial charge >= 0.3 is 0 Å². The maximum atomic E-state index is 10.4. The number of ether oxygens (including phenoxy) is 3. The summed E-state index contributed by atoms with van der Waals surface area (Å²) in [5.74, 6) is 0. The number of hydrogen-bond acceptors (Lipinski definition) is 7.